The molecule has 6 heteroatoms. The number of ether oxygens (including phenoxy) is 1. The fraction of sp³-hybridized carbons (Fsp3) is 0.0455. The summed E-state index contributed by atoms with van der Waals surface area (Å²) in [6, 6.07) is 16.3. The summed E-state index contributed by atoms with van der Waals surface area (Å²) < 4.78 is 5.22. The fourth-order valence-electron chi connectivity index (χ4n) is 3.39. The molecule has 3 N–H and O–H groups in total. The molecule has 0 aromatic heterocycles. The van der Waals surface area contributed by atoms with Crippen LogP contribution >= 0.6 is 0 Å². The molecule has 3 aromatic rings. The normalized spacial score (nSPS) is 12.2. The summed E-state index contributed by atoms with van der Waals surface area (Å²) in [5, 5.41) is 2.73. The van der Waals surface area contributed by atoms with Crippen molar-refractivity contribution in [2.45, 2.75) is 0 Å². The number of carbonyl (C=O) groups excluding carboxylic acids is 3. The number of benzene rings is 3. The number of hydrogen-bond acceptors (Lipinski definition) is 5. The number of para-hydroxylation sites is 1. The van der Waals surface area contributed by atoms with Gasteiger partial charge in [0.15, 0.2) is 11.6 Å². The van der Waals surface area contributed by atoms with E-state index in [0.29, 0.717) is 11.3 Å². The Morgan fingerprint density at radius 2 is 1.50 bits per heavy atom. The van der Waals surface area contributed by atoms with Crippen molar-refractivity contribution in [1.29, 1.82) is 0 Å². The average molecular weight is 372 g/mol. The van der Waals surface area contributed by atoms with Crippen LogP contribution in [0.4, 0.5) is 11.4 Å². The third-order valence-electron chi connectivity index (χ3n) is 4.70. The van der Waals surface area contributed by atoms with Gasteiger partial charge in [0.05, 0.1) is 29.5 Å². The molecule has 1 amide bonds. The first-order chi connectivity index (χ1) is 13.5. The lowest BCUT2D eigenvalue weighted by molar-refractivity contribution is 0.0979. The van der Waals surface area contributed by atoms with Crippen molar-refractivity contribution in [3.63, 3.8) is 0 Å². The van der Waals surface area contributed by atoms with Gasteiger partial charge in [0.25, 0.3) is 5.91 Å². The topological polar surface area (TPSA) is 98.5 Å². The van der Waals surface area contributed by atoms with Crippen LogP contribution in [-0.2, 0) is 0 Å². The van der Waals surface area contributed by atoms with Crippen LogP contribution in [0.1, 0.15) is 42.2 Å². The Bertz CT molecular complexity index is 1150. The van der Waals surface area contributed by atoms with Crippen molar-refractivity contribution in [1.82, 2.24) is 0 Å². The van der Waals surface area contributed by atoms with E-state index >= 15 is 0 Å². The lowest BCUT2D eigenvalue weighted by Gasteiger charge is -2.21. The number of rotatable bonds is 3. The summed E-state index contributed by atoms with van der Waals surface area (Å²) in [5.74, 6) is -0.723. The standard InChI is InChI=1S/C22H16N2O4/c1-28-17-11-3-2-6-12(17)22(27)24-16-10-5-8-14-19(16)21(26)13-7-4-9-15(23)18(13)20(14)25/h2-11H,23H2,1H3,(H,24,27). The van der Waals surface area contributed by atoms with E-state index in [4.69, 9.17) is 10.5 Å². The fourth-order valence-corrected chi connectivity index (χ4v) is 3.39. The molecular formula is C22H16N2O4. The minimum absolute atomic E-state index is 0.161. The van der Waals surface area contributed by atoms with E-state index in [-0.39, 0.29) is 45.2 Å². The van der Waals surface area contributed by atoms with Crippen LogP contribution < -0.4 is 15.8 Å². The molecule has 0 radical (unpaired) electrons. The van der Waals surface area contributed by atoms with Gasteiger partial charge in [-0.2, -0.15) is 0 Å². The third kappa shape index (κ3) is 2.63. The Balaban J connectivity index is 1.79. The molecule has 138 valence electrons. The van der Waals surface area contributed by atoms with Gasteiger partial charge in [0.1, 0.15) is 5.75 Å². The highest BCUT2D eigenvalue weighted by molar-refractivity contribution is 6.32. The zero-order valence-electron chi connectivity index (χ0n) is 15.0. The lowest BCUT2D eigenvalue weighted by Crippen LogP contribution is -2.25. The van der Waals surface area contributed by atoms with Crippen molar-refractivity contribution in [3.05, 3.63) is 88.5 Å². The van der Waals surface area contributed by atoms with Crippen LogP contribution in [0.25, 0.3) is 0 Å². The van der Waals surface area contributed by atoms with Gasteiger partial charge in [-0.05, 0) is 24.3 Å². The Morgan fingerprint density at radius 1 is 0.857 bits per heavy atom. The van der Waals surface area contributed by atoms with E-state index in [1.165, 1.54) is 7.11 Å². The number of ketones is 2. The van der Waals surface area contributed by atoms with Gasteiger partial charge in [-0.25, -0.2) is 0 Å². The van der Waals surface area contributed by atoms with E-state index in [9.17, 15) is 14.4 Å². The lowest BCUT2D eigenvalue weighted by atomic mass is 9.82. The maximum Gasteiger partial charge on any atom is 0.259 e. The van der Waals surface area contributed by atoms with Gasteiger partial charge >= 0.3 is 0 Å². The highest BCUT2D eigenvalue weighted by Gasteiger charge is 2.33. The second-order valence-corrected chi connectivity index (χ2v) is 6.31. The number of hydrogen-bond donors (Lipinski definition) is 2. The quantitative estimate of drug-likeness (QED) is 0.538. The van der Waals surface area contributed by atoms with Crippen LogP contribution in [0.2, 0.25) is 0 Å². The molecule has 6 nitrogen and oxygen atoms in total. The number of fused-ring (bicyclic) bond motifs is 2. The van der Waals surface area contributed by atoms with E-state index < -0.39 is 5.91 Å². The average Bonchev–Trinajstić information content (AvgIpc) is 2.71. The minimum Gasteiger partial charge on any atom is -0.496 e. The maximum absolute atomic E-state index is 13.1. The summed E-state index contributed by atoms with van der Waals surface area (Å²) in [6.45, 7) is 0. The van der Waals surface area contributed by atoms with Crippen molar-refractivity contribution < 1.29 is 19.1 Å². The van der Waals surface area contributed by atoms with Gasteiger partial charge in [0.2, 0.25) is 0 Å². The number of anilines is 2. The Morgan fingerprint density at radius 3 is 2.25 bits per heavy atom. The van der Waals surface area contributed by atoms with Crippen molar-refractivity contribution in [2.24, 2.45) is 0 Å². The van der Waals surface area contributed by atoms with E-state index in [0.717, 1.165) is 0 Å². The van der Waals surface area contributed by atoms with Crippen LogP contribution in [0.5, 0.6) is 5.75 Å². The first kappa shape index (κ1) is 17.5. The van der Waals surface area contributed by atoms with Crippen LogP contribution in [0.3, 0.4) is 0 Å². The van der Waals surface area contributed by atoms with Crippen LogP contribution in [0, 0.1) is 0 Å². The second kappa shape index (κ2) is 6.66. The molecule has 1 aliphatic rings. The summed E-state index contributed by atoms with van der Waals surface area (Å²) in [7, 11) is 1.47. The predicted molar refractivity (Wildman–Crippen MR) is 105 cm³/mol. The molecule has 4 rings (SSSR count). The molecular weight excluding hydrogens is 356 g/mol. The monoisotopic (exact) mass is 372 g/mol. The van der Waals surface area contributed by atoms with Crippen molar-refractivity contribution in [3.8, 4) is 5.75 Å². The number of nitrogen functional groups attached to an aromatic ring is 1. The zero-order chi connectivity index (χ0) is 19.8. The van der Waals surface area contributed by atoms with Crippen LogP contribution in [0.15, 0.2) is 60.7 Å². The van der Waals surface area contributed by atoms with E-state index in [1.54, 1.807) is 60.7 Å². The zero-order valence-corrected chi connectivity index (χ0v) is 15.0. The first-order valence-corrected chi connectivity index (χ1v) is 8.58. The smallest absolute Gasteiger partial charge is 0.259 e. The van der Waals surface area contributed by atoms with Crippen LogP contribution in [-0.4, -0.2) is 24.6 Å². The molecule has 0 spiro atoms. The van der Waals surface area contributed by atoms with E-state index in [1.807, 2.05) is 0 Å². The minimum atomic E-state index is -0.440. The Labute approximate surface area is 160 Å². The van der Waals surface area contributed by atoms with Gasteiger partial charge in [-0.3, -0.25) is 14.4 Å². The van der Waals surface area contributed by atoms with E-state index in [2.05, 4.69) is 5.32 Å². The molecule has 0 aliphatic heterocycles. The van der Waals surface area contributed by atoms with Crippen molar-refractivity contribution >= 4 is 28.8 Å². The van der Waals surface area contributed by atoms with Gasteiger partial charge in [0, 0.05) is 16.8 Å². The first-order valence-electron chi connectivity index (χ1n) is 8.58. The molecule has 0 heterocycles. The van der Waals surface area contributed by atoms with Crippen molar-refractivity contribution in [2.75, 3.05) is 18.2 Å². The molecule has 0 bridgehead atoms. The number of nitrogens with two attached hydrogens (primary N) is 1. The largest absolute Gasteiger partial charge is 0.496 e. The van der Waals surface area contributed by atoms with Gasteiger partial charge in [-0.15, -0.1) is 0 Å². The molecule has 1 aliphatic carbocycles. The molecule has 0 fully saturated rings. The third-order valence-corrected chi connectivity index (χ3v) is 4.70. The SMILES string of the molecule is COc1ccccc1C(=O)Nc1cccc2c1C(=O)c1cccc(N)c1C2=O. The number of amides is 1. The molecule has 0 saturated carbocycles. The summed E-state index contributed by atoms with van der Waals surface area (Å²) >= 11 is 0. The predicted octanol–water partition coefficient (Wildman–Crippen LogP) is 3.31. The summed E-state index contributed by atoms with van der Waals surface area (Å²) in [5.41, 5.74) is 7.57. The Hall–Kier alpha value is -3.93. The molecule has 0 unspecified atom stereocenters. The molecule has 3 aromatic carbocycles. The molecule has 0 atom stereocenters. The maximum atomic E-state index is 13.1. The molecule has 28 heavy (non-hydrogen) atoms. The highest BCUT2D eigenvalue weighted by atomic mass is 16.5. The molecule has 0 saturated heterocycles. The number of nitrogens with one attached hydrogen (secondary N) is 1. The van der Waals surface area contributed by atoms with Gasteiger partial charge in [-0.1, -0.05) is 36.4 Å². The number of carbonyl (C=O) groups is 3. The highest BCUT2D eigenvalue weighted by Crippen LogP contribution is 2.34. The summed E-state index contributed by atoms with van der Waals surface area (Å²) in [6.07, 6.45) is 0. The number of methoxy groups -OCH3 is 1. The summed E-state index contributed by atoms with van der Waals surface area (Å²) in [4.78, 5) is 38.8. The van der Waals surface area contributed by atoms with Gasteiger partial charge < -0.3 is 15.8 Å². The Kier molecular flexibility index (Phi) is 4.16. The second-order valence-electron chi connectivity index (χ2n) is 6.31.